The molecule has 4 heteroatoms. The molecule has 0 bridgehead atoms. The van der Waals surface area contributed by atoms with Gasteiger partial charge in [0.1, 0.15) is 0 Å². The molecule has 1 aliphatic carbocycles. The predicted molar refractivity (Wildman–Crippen MR) is 78.1 cm³/mol. The quantitative estimate of drug-likeness (QED) is 0.821. The van der Waals surface area contributed by atoms with Crippen LogP contribution in [0.3, 0.4) is 0 Å². The van der Waals surface area contributed by atoms with Crippen molar-refractivity contribution in [2.75, 3.05) is 12.8 Å². The fraction of sp³-hybridized carbons (Fsp3) is 0.500. The molecule has 0 N–H and O–H groups in total. The maximum Gasteiger partial charge on any atom is 0.223 e. The molecule has 0 radical (unpaired) electrons. The van der Waals surface area contributed by atoms with E-state index in [-0.39, 0.29) is 11.3 Å². The Hall–Kier alpha value is -0.670. The van der Waals surface area contributed by atoms with Crippen LogP contribution in [0.5, 0.6) is 0 Å². The topological polar surface area (TPSA) is 20.3 Å². The summed E-state index contributed by atoms with van der Waals surface area (Å²) in [6.45, 7) is 0.613. The van der Waals surface area contributed by atoms with Crippen molar-refractivity contribution in [2.24, 2.45) is 5.41 Å². The number of nitrogens with zero attached hydrogens (tertiary/aromatic N) is 1. The Labute approximate surface area is 119 Å². The van der Waals surface area contributed by atoms with Gasteiger partial charge in [0.25, 0.3) is 0 Å². The number of carbonyl (C=O) groups excluding carboxylic acids is 1. The maximum absolute atomic E-state index is 12.1. The number of benzene rings is 1. The lowest BCUT2D eigenvalue weighted by Gasteiger charge is -2.20. The van der Waals surface area contributed by atoms with Gasteiger partial charge in [0.05, 0.1) is 0 Å². The Morgan fingerprint density at radius 2 is 2.22 bits per heavy atom. The number of halogens is 1. The van der Waals surface area contributed by atoms with Crippen LogP contribution in [0.25, 0.3) is 0 Å². The minimum Gasteiger partial charge on any atom is -0.341 e. The van der Waals surface area contributed by atoms with E-state index in [2.05, 4.69) is 12.6 Å². The number of amides is 1. The highest BCUT2D eigenvalue weighted by molar-refractivity contribution is 7.80. The number of hydrogen-bond acceptors (Lipinski definition) is 2. The molecular weight excluding hydrogens is 266 g/mol. The monoisotopic (exact) mass is 283 g/mol. The summed E-state index contributed by atoms with van der Waals surface area (Å²) in [7, 11) is 1.85. The first-order valence-corrected chi connectivity index (χ1v) is 7.15. The lowest BCUT2D eigenvalue weighted by Crippen LogP contribution is -2.28. The molecular formula is C14H18ClNOS. The van der Waals surface area contributed by atoms with Gasteiger partial charge in [-0.05, 0) is 41.7 Å². The second-order valence-electron chi connectivity index (χ2n) is 5.21. The maximum atomic E-state index is 12.1. The molecule has 1 aromatic rings. The van der Waals surface area contributed by atoms with Gasteiger partial charge in [-0.25, -0.2) is 0 Å². The lowest BCUT2D eigenvalue weighted by molar-refractivity contribution is -0.131. The molecule has 0 saturated heterocycles. The normalized spacial score (nSPS) is 16.4. The molecule has 1 fully saturated rings. The standard InChI is InChI=1S/C14H18ClNOS/c1-16(9-11-3-2-4-12(15)7-11)13(17)8-14(10-18)5-6-14/h2-4,7,18H,5-6,8-10H2,1H3. The molecule has 1 amide bonds. The van der Waals surface area contributed by atoms with Crippen LogP contribution in [0.2, 0.25) is 5.02 Å². The molecule has 1 saturated carbocycles. The zero-order valence-electron chi connectivity index (χ0n) is 10.5. The van der Waals surface area contributed by atoms with Gasteiger partial charge in [0.2, 0.25) is 5.91 Å². The highest BCUT2D eigenvalue weighted by Crippen LogP contribution is 2.49. The van der Waals surface area contributed by atoms with E-state index in [1.807, 2.05) is 31.3 Å². The van der Waals surface area contributed by atoms with Crippen molar-refractivity contribution in [1.82, 2.24) is 4.90 Å². The number of rotatable bonds is 5. The summed E-state index contributed by atoms with van der Waals surface area (Å²) in [6.07, 6.45) is 2.88. The first kappa shape index (κ1) is 13.8. The van der Waals surface area contributed by atoms with Crippen molar-refractivity contribution in [3.05, 3.63) is 34.9 Å². The van der Waals surface area contributed by atoms with Crippen molar-refractivity contribution in [3.8, 4) is 0 Å². The summed E-state index contributed by atoms with van der Waals surface area (Å²) in [5.74, 6) is 1.01. The summed E-state index contributed by atoms with van der Waals surface area (Å²) >= 11 is 10.3. The first-order valence-electron chi connectivity index (χ1n) is 6.14. The zero-order chi connectivity index (χ0) is 13.2. The molecule has 1 aliphatic rings. The predicted octanol–water partition coefficient (Wildman–Crippen LogP) is 3.40. The van der Waals surface area contributed by atoms with Crippen molar-refractivity contribution in [3.63, 3.8) is 0 Å². The van der Waals surface area contributed by atoms with Crippen LogP contribution < -0.4 is 0 Å². The van der Waals surface area contributed by atoms with E-state index in [1.54, 1.807) is 4.90 Å². The fourth-order valence-corrected chi connectivity index (χ4v) is 2.66. The second kappa shape index (κ2) is 5.54. The molecule has 1 aromatic carbocycles. The Bertz CT molecular complexity index is 445. The van der Waals surface area contributed by atoms with Crippen LogP contribution in [0.15, 0.2) is 24.3 Å². The minimum atomic E-state index is 0.183. The van der Waals surface area contributed by atoms with Crippen LogP contribution in [-0.2, 0) is 11.3 Å². The van der Waals surface area contributed by atoms with Crippen molar-refractivity contribution >= 4 is 30.1 Å². The molecule has 0 atom stereocenters. The van der Waals surface area contributed by atoms with Crippen LogP contribution >= 0.6 is 24.2 Å². The van der Waals surface area contributed by atoms with E-state index in [9.17, 15) is 4.79 Å². The molecule has 0 spiro atoms. The van der Waals surface area contributed by atoms with Crippen molar-refractivity contribution < 1.29 is 4.79 Å². The van der Waals surface area contributed by atoms with E-state index in [0.717, 1.165) is 24.2 Å². The van der Waals surface area contributed by atoms with Gasteiger partial charge < -0.3 is 4.90 Å². The van der Waals surface area contributed by atoms with E-state index < -0.39 is 0 Å². The third-order valence-electron chi connectivity index (χ3n) is 3.55. The van der Waals surface area contributed by atoms with Crippen LogP contribution in [0.4, 0.5) is 0 Å². The summed E-state index contributed by atoms with van der Waals surface area (Å²) in [5, 5.41) is 0.711. The van der Waals surface area contributed by atoms with Gasteiger partial charge in [-0.2, -0.15) is 12.6 Å². The number of carbonyl (C=O) groups is 1. The van der Waals surface area contributed by atoms with Gasteiger partial charge in [-0.15, -0.1) is 0 Å². The summed E-state index contributed by atoms with van der Waals surface area (Å²) < 4.78 is 0. The highest BCUT2D eigenvalue weighted by Gasteiger charge is 2.43. The second-order valence-corrected chi connectivity index (χ2v) is 5.97. The van der Waals surface area contributed by atoms with Gasteiger partial charge in [0, 0.05) is 25.0 Å². The van der Waals surface area contributed by atoms with Crippen LogP contribution in [-0.4, -0.2) is 23.6 Å². The Balaban J connectivity index is 1.91. The van der Waals surface area contributed by atoms with Crippen molar-refractivity contribution in [2.45, 2.75) is 25.8 Å². The summed E-state index contributed by atoms with van der Waals surface area (Å²) in [5.41, 5.74) is 1.25. The van der Waals surface area contributed by atoms with E-state index >= 15 is 0 Å². The molecule has 0 heterocycles. The van der Waals surface area contributed by atoms with E-state index in [4.69, 9.17) is 11.6 Å². The third kappa shape index (κ3) is 3.42. The van der Waals surface area contributed by atoms with Gasteiger partial charge in [-0.3, -0.25) is 4.79 Å². The molecule has 2 rings (SSSR count). The molecule has 0 unspecified atom stereocenters. The average Bonchev–Trinajstić information content (AvgIpc) is 3.09. The Morgan fingerprint density at radius 3 is 2.78 bits per heavy atom. The SMILES string of the molecule is CN(Cc1cccc(Cl)c1)C(=O)CC1(CS)CC1. The number of thiol groups is 1. The molecule has 0 aromatic heterocycles. The van der Waals surface area contributed by atoms with Gasteiger partial charge >= 0.3 is 0 Å². The Kier molecular flexibility index (Phi) is 4.23. The Morgan fingerprint density at radius 1 is 1.50 bits per heavy atom. The van der Waals surface area contributed by atoms with Crippen LogP contribution in [0.1, 0.15) is 24.8 Å². The summed E-state index contributed by atoms with van der Waals surface area (Å²) in [4.78, 5) is 13.9. The average molecular weight is 284 g/mol. The molecule has 2 nitrogen and oxygen atoms in total. The third-order valence-corrected chi connectivity index (χ3v) is 4.46. The molecule has 98 valence electrons. The molecule has 18 heavy (non-hydrogen) atoms. The highest BCUT2D eigenvalue weighted by atomic mass is 35.5. The fourth-order valence-electron chi connectivity index (χ4n) is 2.02. The van der Waals surface area contributed by atoms with Crippen molar-refractivity contribution in [1.29, 1.82) is 0 Å². The zero-order valence-corrected chi connectivity index (χ0v) is 12.2. The largest absolute Gasteiger partial charge is 0.341 e. The van der Waals surface area contributed by atoms with Gasteiger partial charge in [0.15, 0.2) is 0 Å². The minimum absolute atomic E-state index is 0.183. The van der Waals surface area contributed by atoms with Gasteiger partial charge in [-0.1, -0.05) is 23.7 Å². The first-order chi connectivity index (χ1) is 8.54. The molecule has 0 aliphatic heterocycles. The number of hydrogen-bond donors (Lipinski definition) is 1. The summed E-state index contributed by atoms with van der Waals surface area (Å²) in [6, 6.07) is 7.64. The van der Waals surface area contributed by atoms with E-state index in [1.165, 1.54) is 0 Å². The smallest absolute Gasteiger partial charge is 0.223 e. The van der Waals surface area contributed by atoms with Crippen LogP contribution in [0, 0.1) is 5.41 Å². The van der Waals surface area contributed by atoms with E-state index in [0.29, 0.717) is 18.0 Å². The lowest BCUT2D eigenvalue weighted by atomic mass is 10.0.